The van der Waals surface area contributed by atoms with Crippen LogP contribution in [0.15, 0.2) is 36.9 Å². The number of aromatic nitrogens is 3. The van der Waals surface area contributed by atoms with E-state index >= 15 is 0 Å². The molecule has 1 saturated heterocycles. The molecule has 1 aliphatic rings. The third-order valence-electron chi connectivity index (χ3n) is 3.89. The molecule has 0 unspecified atom stereocenters. The van der Waals surface area contributed by atoms with Gasteiger partial charge in [-0.1, -0.05) is 0 Å². The van der Waals surface area contributed by atoms with Crippen molar-refractivity contribution in [3.8, 4) is 0 Å². The molecule has 104 valence electrons. The Labute approximate surface area is 118 Å². The Bertz CT molecular complexity index is 593. The second kappa shape index (κ2) is 5.45. The molecule has 3 heterocycles. The fourth-order valence-corrected chi connectivity index (χ4v) is 2.79. The van der Waals surface area contributed by atoms with Gasteiger partial charge in [0.1, 0.15) is 12.0 Å². The summed E-state index contributed by atoms with van der Waals surface area (Å²) in [5.74, 6) is 0.423. The summed E-state index contributed by atoms with van der Waals surface area (Å²) >= 11 is 0. The van der Waals surface area contributed by atoms with Crippen molar-refractivity contribution in [2.24, 2.45) is 7.05 Å². The van der Waals surface area contributed by atoms with Crippen molar-refractivity contribution in [2.45, 2.75) is 18.8 Å². The smallest absolute Gasteiger partial charge is 0.270 e. The van der Waals surface area contributed by atoms with Crippen molar-refractivity contribution in [2.75, 3.05) is 13.1 Å². The summed E-state index contributed by atoms with van der Waals surface area (Å²) < 4.78 is 1.87. The topological polar surface area (TPSA) is 51.0 Å². The van der Waals surface area contributed by atoms with Gasteiger partial charge < -0.3 is 9.47 Å². The monoisotopic (exact) mass is 270 g/mol. The summed E-state index contributed by atoms with van der Waals surface area (Å²) in [5.41, 5.74) is 1.78. The first-order valence-corrected chi connectivity index (χ1v) is 6.92. The Morgan fingerprint density at radius 3 is 3.00 bits per heavy atom. The largest absolute Gasteiger partial charge is 0.347 e. The molecule has 0 aromatic carbocycles. The molecule has 2 aromatic heterocycles. The van der Waals surface area contributed by atoms with E-state index in [2.05, 4.69) is 9.97 Å². The van der Waals surface area contributed by atoms with Crippen molar-refractivity contribution in [3.63, 3.8) is 0 Å². The highest BCUT2D eigenvalue weighted by atomic mass is 16.2. The van der Waals surface area contributed by atoms with Gasteiger partial charge in [0.25, 0.3) is 5.91 Å². The lowest BCUT2D eigenvalue weighted by molar-refractivity contribution is 0.0696. The first-order chi connectivity index (χ1) is 9.75. The first kappa shape index (κ1) is 12.8. The van der Waals surface area contributed by atoms with E-state index in [4.69, 9.17) is 0 Å². The molecule has 1 atom stereocenters. The van der Waals surface area contributed by atoms with Crippen LogP contribution < -0.4 is 0 Å². The van der Waals surface area contributed by atoms with E-state index in [1.807, 2.05) is 40.9 Å². The van der Waals surface area contributed by atoms with Gasteiger partial charge >= 0.3 is 0 Å². The number of likely N-dealkylation sites (tertiary alicyclic amines) is 1. The van der Waals surface area contributed by atoms with Crippen LogP contribution in [0.3, 0.4) is 0 Å². The van der Waals surface area contributed by atoms with Crippen LogP contribution in [0.4, 0.5) is 0 Å². The van der Waals surface area contributed by atoms with E-state index in [9.17, 15) is 4.79 Å². The van der Waals surface area contributed by atoms with Gasteiger partial charge in [-0.15, -0.1) is 0 Å². The molecular weight excluding hydrogens is 252 g/mol. The van der Waals surface area contributed by atoms with Crippen molar-refractivity contribution < 1.29 is 4.79 Å². The molecule has 1 amide bonds. The van der Waals surface area contributed by atoms with Gasteiger partial charge in [-0.05, 0) is 31.0 Å². The standard InChI is InChI=1S/C15H18N4O/c1-18-8-3-5-14(18)15(20)19-9-2-4-12(10-19)13-6-7-16-11-17-13/h3,5-8,11-12H,2,4,9-10H2,1H3/t12-/m0/s1. The molecular formula is C15H18N4O. The van der Waals surface area contributed by atoms with Crippen molar-refractivity contribution in [1.82, 2.24) is 19.4 Å². The molecule has 1 fully saturated rings. The molecule has 0 N–H and O–H groups in total. The fourth-order valence-electron chi connectivity index (χ4n) is 2.79. The Hall–Kier alpha value is -2.17. The third kappa shape index (κ3) is 2.43. The maximum Gasteiger partial charge on any atom is 0.270 e. The summed E-state index contributed by atoms with van der Waals surface area (Å²) in [6.45, 7) is 1.56. The number of amides is 1. The van der Waals surface area contributed by atoms with Crippen LogP contribution in [-0.2, 0) is 7.05 Å². The van der Waals surface area contributed by atoms with Crippen molar-refractivity contribution in [1.29, 1.82) is 0 Å². The minimum absolute atomic E-state index is 0.108. The fraction of sp³-hybridized carbons (Fsp3) is 0.400. The highest BCUT2D eigenvalue weighted by Gasteiger charge is 2.27. The second-order valence-corrected chi connectivity index (χ2v) is 5.23. The quantitative estimate of drug-likeness (QED) is 0.836. The number of hydrogen-bond donors (Lipinski definition) is 0. The number of carbonyl (C=O) groups excluding carboxylic acids is 1. The molecule has 2 aromatic rings. The van der Waals surface area contributed by atoms with E-state index in [0.29, 0.717) is 5.92 Å². The van der Waals surface area contributed by atoms with Crippen LogP contribution in [0.25, 0.3) is 0 Å². The molecule has 5 nitrogen and oxygen atoms in total. The van der Waals surface area contributed by atoms with Crippen LogP contribution in [0.1, 0.15) is 34.9 Å². The summed E-state index contributed by atoms with van der Waals surface area (Å²) in [6, 6.07) is 5.72. The zero-order chi connectivity index (χ0) is 13.9. The first-order valence-electron chi connectivity index (χ1n) is 6.92. The molecule has 0 aliphatic carbocycles. The van der Waals surface area contributed by atoms with Crippen LogP contribution in [0, 0.1) is 0 Å². The minimum Gasteiger partial charge on any atom is -0.347 e. The zero-order valence-corrected chi connectivity index (χ0v) is 11.6. The highest BCUT2D eigenvalue weighted by Crippen LogP contribution is 2.26. The summed E-state index contributed by atoms with van der Waals surface area (Å²) in [6.07, 6.45) is 7.34. The number of aryl methyl sites for hydroxylation is 1. The summed E-state index contributed by atoms with van der Waals surface area (Å²) in [5, 5.41) is 0. The van der Waals surface area contributed by atoms with Crippen molar-refractivity contribution in [3.05, 3.63) is 48.3 Å². The average Bonchev–Trinajstić information content (AvgIpc) is 2.94. The van der Waals surface area contributed by atoms with E-state index in [-0.39, 0.29) is 5.91 Å². The second-order valence-electron chi connectivity index (χ2n) is 5.23. The van der Waals surface area contributed by atoms with Crippen LogP contribution in [0.5, 0.6) is 0 Å². The van der Waals surface area contributed by atoms with Gasteiger partial charge in [0.2, 0.25) is 0 Å². The Kier molecular flexibility index (Phi) is 3.50. The van der Waals surface area contributed by atoms with E-state index < -0.39 is 0 Å². The number of carbonyl (C=O) groups is 1. The highest BCUT2D eigenvalue weighted by molar-refractivity contribution is 5.92. The van der Waals surface area contributed by atoms with Crippen LogP contribution in [0.2, 0.25) is 0 Å². The number of rotatable bonds is 2. The van der Waals surface area contributed by atoms with Crippen LogP contribution >= 0.6 is 0 Å². The molecule has 0 spiro atoms. The molecule has 0 saturated carbocycles. The molecule has 3 rings (SSSR count). The average molecular weight is 270 g/mol. The Morgan fingerprint density at radius 2 is 2.30 bits per heavy atom. The number of nitrogens with zero attached hydrogens (tertiary/aromatic N) is 4. The lowest BCUT2D eigenvalue weighted by Crippen LogP contribution is -2.40. The third-order valence-corrected chi connectivity index (χ3v) is 3.89. The molecule has 1 aliphatic heterocycles. The van der Waals surface area contributed by atoms with Gasteiger partial charge in [0.05, 0.1) is 0 Å². The van der Waals surface area contributed by atoms with Gasteiger partial charge in [-0.3, -0.25) is 4.79 Å². The predicted octanol–water partition coefficient (Wildman–Crippen LogP) is 1.83. The minimum atomic E-state index is 0.108. The SMILES string of the molecule is Cn1cccc1C(=O)N1CCC[C@H](c2ccncn2)C1. The van der Waals surface area contributed by atoms with Gasteiger partial charge in [0, 0.05) is 44.1 Å². The zero-order valence-electron chi connectivity index (χ0n) is 11.6. The number of piperidine rings is 1. The molecule has 5 heteroatoms. The van der Waals surface area contributed by atoms with Gasteiger partial charge in [0.15, 0.2) is 0 Å². The maximum absolute atomic E-state index is 12.5. The maximum atomic E-state index is 12.5. The Balaban J connectivity index is 1.76. The normalized spacial score (nSPS) is 19.1. The van der Waals surface area contributed by atoms with E-state index in [0.717, 1.165) is 37.3 Å². The van der Waals surface area contributed by atoms with Crippen molar-refractivity contribution >= 4 is 5.91 Å². The van der Waals surface area contributed by atoms with Gasteiger partial charge in [-0.25, -0.2) is 9.97 Å². The molecule has 0 radical (unpaired) electrons. The van der Waals surface area contributed by atoms with E-state index in [1.54, 1.807) is 12.5 Å². The molecule has 0 bridgehead atoms. The summed E-state index contributed by atoms with van der Waals surface area (Å²) in [7, 11) is 1.90. The van der Waals surface area contributed by atoms with Gasteiger partial charge in [-0.2, -0.15) is 0 Å². The molecule has 20 heavy (non-hydrogen) atoms. The number of hydrogen-bond acceptors (Lipinski definition) is 3. The lowest BCUT2D eigenvalue weighted by atomic mass is 9.94. The Morgan fingerprint density at radius 1 is 1.40 bits per heavy atom. The summed E-state index contributed by atoms with van der Waals surface area (Å²) in [4.78, 5) is 22.7. The predicted molar refractivity (Wildman–Crippen MR) is 75.3 cm³/mol. The lowest BCUT2D eigenvalue weighted by Gasteiger charge is -2.32. The van der Waals surface area contributed by atoms with Crippen LogP contribution in [-0.4, -0.2) is 38.4 Å². The van der Waals surface area contributed by atoms with E-state index in [1.165, 1.54) is 0 Å².